The molecule has 26 heavy (non-hydrogen) atoms. The topological polar surface area (TPSA) is 64.1 Å². The maximum absolute atomic E-state index is 12.8. The predicted molar refractivity (Wildman–Crippen MR) is 104 cm³/mol. The Labute approximate surface area is 153 Å². The van der Waals surface area contributed by atoms with Crippen molar-refractivity contribution in [2.45, 2.75) is 34.6 Å². The Morgan fingerprint density at radius 2 is 1.50 bits per heavy atom. The molecule has 0 bridgehead atoms. The molecular weight excluding hydrogens is 326 g/mol. The number of hydrogen-bond donors (Lipinski definition) is 1. The lowest BCUT2D eigenvalue weighted by atomic mass is 10.1. The van der Waals surface area contributed by atoms with Gasteiger partial charge in [0.05, 0.1) is 17.6 Å². The summed E-state index contributed by atoms with van der Waals surface area (Å²) in [5, 5.41) is 2.91. The van der Waals surface area contributed by atoms with E-state index in [1.807, 2.05) is 58.9 Å². The molecule has 0 aliphatic rings. The number of benzene rings is 2. The summed E-state index contributed by atoms with van der Waals surface area (Å²) >= 11 is 0. The van der Waals surface area contributed by atoms with E-state index in [-0.39, 0.29) is 17.5 Å². The Bertz CT molecular complexity index is 976. The second-order valence-corrected chi connectivity index (χ2v) is 6.57. The maximum atomic E-state index is 12.8. The van der Waals surface area contributed by atoms with Crippen LogP contribution in [0.5, 0.6) is 5.88 Å². The fourth-order valence-corrected chi connectivity index (χ4v) is 2.92. The molecule has 0 atom stereocenters. The average molecular weight is 349 g/mol. The summed E-state index contributed by atoms with van der Waals surface area (Å²) in [6.07, 6.45) is 0. The number of aromatic nitrogens is 2. The molecule has 0 fully saturated rings. The summed E-state index contributed by atoms with van der Waals surface area (Å²) in [7, 11) is 0. The van der Waals surface area contributed by atoms with Crippen molar-refractivity contribution >= 4 is 22.6 Å². The zero-order valence-electron chi connectivity index (χ0n) is 15.8. The lowest BCUT2D eigenvalue weighted by Gasteiger charge is -2.12. The molecular formula is C21H23N3O2. The number of rotatable bonds is 4. The van der Waals surface area contributed by atoms with Crippen molar-refractivity contribution in [2.24, 2.45) is 0 Å². The summed E-state index contributed by atoms with van der Waals surface area (Å²) in [5.41, 5.74) is 6.74. The van der Waals surface area contributed by atoms with Gasteiger partial charge in [-0.3, -0.25) is 4.79 Å². The van der Waals surface area contributed by atoms with Crippen molar-refractivity contribution in [2.75, 3.05) is 11.9 Å². The van der Waals surface area contributed by atoms with Gasteiger partial charge in [-0.25, -0.2) is 9.97 Å². The van der Waals surface area contributed by atoms with Crippen molar-refractivity contribution < 1.29 is 9.53 Å². The fraction of sp³-hybridized carbons (Fsp3) is 0.286. The molecule has 0 aliphatic carbocycles. The van der Waals surface area contributed by atoms with Crippen LogP contribution in [0.1, 0.15) is 39.7 Å². The van der Waals surface area contributed by atoms with E-state index < -0.39 is 0 Å². The Morgan fingerprint density at radius 3 is 2.08 bits per heavy atom. The van der Waals surface area contributed by atoms with Gasteiger partial charge in [0, 0.05) is 5.69 Å². The quantitative estimate of drug-likeness (QED) is 0.752. The monoisotopic (exact) mass is 349 g/mol. The number of anilines is 1. The minimum atomic E-state index is -0.328. The molecule has 0 saturated carbocycles. The molecule has 0 radical (unpaired) electrons. The predicted octanol–water partition coefficient (Wildman–Crippen LogP) is 4.51. The zero-order valence-corrected chi connectivity index (χ0v) is 15.8. The number of amides is 1. The van der Waals surface area contributed by atoms with Crippen molar-refractivity contribution in [1.82, 2.24) is 9.97 Å². The molecule has 5 nitrogen and oxygen atoms in total. The van der Waals surface area contributed by atoms with Gasteiger partial charge >= 0.3 is 0 Å². The summed E-state index contributed by atoms with van der Waals surface area (Å²) in [6.45, 7) is 10.3. The van der Waals surface area contributed by atoms with E-state index in [0.717, 1.165) is 33.5 Å². The van der Waals surface area contributed by atoms with Crippen molar-refractivity contribution in [3.8, 4) is 5.88 Å². The van der Waals surface area contributed by atoms with Gasteiger partial charge in [-0.2, -0.15) is 0 Å². The van der Waals surface area contributed by atoms with E-state index in [4.69, 9.17) is 4.74 Å². The largest absolute Gasteiger partial charge is 0.476 e. The first kappa shape index (κ1) is 17.9. The van der Waals surface area contributed by atoms with Crippen LogP contribution in [0.4, 0.5) is 5.69 Å². The van der Waals surface area contributed by atoms with E-state index >= 15 is 0 Å². The lowest BCUT2D eigenvalue weighted by molar-refractivity contribution is 0.101. The second-order valence-electron chi connectivity index (χ2n) is 6.57. The van der Waals surface area contributed by atoms with Crippen LogP contribution < -0.4 is 10.1 Å². The van der Waals surface area contributed by atoms with Crippen LogP contribution in [-0.2, 0) is 0 Å². The third kappa shape index (κ3) is 3.67. The molecule has 0 unspecified atom stereocenters. The first-order valence-corrected chi connectivity index (χ1v) is 8.69. The molecule has 1 N–H and O–H groups in total. The van der Waals surface area contributed by atoms with E-state index in [1.165, 1.54) is 0 Å². The van der Waals surface area contributed by atoms with E-state index in [2.05, 4.69) is 21.4 Å². The standard InChI is InChI=1S/C21H23N3O2/c1-6-26-21-19(20(25)22-16-8-12(2)7-13(3)9-16)23-17-10-14(4)15(5)11-18(17)24-21/h7-11H,6H2,1-5H3,(H,22,25). The number of aryl methyl sites for hydroxylation is 4. The van der Waals surface area contributed by atoms with Gasteiger partial charge in [0.25, 0.3) is 5.91 Å². The minimum Gasteiger partial charge on any atom is -0.476 e. The highest BCUT2D eigenvalue weighted by atomic mass is 16.5. The smallest absolute Gasteiger partial charge is 0.279 e. The van der Waals surface area contributed by atoms with Crippen LogP contribution in [0.15, 0.2) is 30.3 Å². The number of ether oxygens (including phenoxy) is 1. The van der Waals surface area contributed by atoms with E-state index in [1.54, 1.807) is 0 Å². The number of carbonyl (C=O) groups is 1. The van der Waals surface area contributed by atoms with Gasteiger partial charge in [0.1, 0.15) is 0 Å². The molecule has 1 heterocycles. The Morgan fingerprint density at radius 1 is 0.923 bits per heavy atom. The average Bonchev–Trinajstić information content (AvgIpc) is 2.55. The SMILES string of the molecule is CCOc1nc2cc(C)c(C)cc2nc1C(=O)Nc1cc(C)cc(C)c1. The normalized spacial score (nSPS) is 10.8. The molecule has 3 rings (SSSR count). The molecule has 134 valence electrons. The third-order valence-corrected chi connectivity index (χ3v) is 4.22. The number of nitrogens with one attached hydrogen (secondary N) is 1. The van der Waals surface area contributed by atoms with Gasteiger partial charge < -0.3 is 10.1 Å². The van der Waals surface area contributed by atoms with Gasteiger partial charge in [0.15, 0.2) is 5.69 Å². The van der Waals surface area contributed by atoms with E-state index in [0.29, 0.717) is 12.1 Å². The van der Waals surface area contributed by atoms with Crippen LogP contribution in [0, 0.1) is 27.7 Å². The Kier molecular flexibility index (Phi) is 4.89. The molecule has 0 aliphatic heterocycles. The lowest BCUT2D eigenvalue weighted by Crippen LogP contribution is -2.17. The Hall–Kier alpha value is -2.95. The van der Waals surface area contributed by atoms with Crippen LogP contribution in [0.3, 0.4) is 0 Å². The summed E-state index contributed by atoms with van der Waals surface area (Å²) in [5.74, 6) is -0.0730. The first-order chi connectivity index (χ1) is 12.4. The summed E-state index contributed by atoms with van der Waals surface area (Å²) < 4.78 is 5.59. The van der Waals surface area contributed by atoms with Crippen molar-refractivity contribution in [3.63, 3.8) is 0 Å². The minimum absolute atomic E-state index is 0.196. The number of carbonyl (C=O) groups excluding carboxylic acids is 1. The fourth-order valence-electron chi connectivity index (χ4n) is 2.92. The first-order valence-electron chi connectivity index (χ1n) is 8.69. The van der Waals surface area contributed by atoms with Crippen molar-refractivity contribution in [3.05, 3.63) is 58.3 Å². The van der Waals surface area contributed by atoms with Crippen molar-refractivity contribution in [1.29, 1.82) is 0 Å². The van der Waals surface area contributed by atoms with Crippen LogP contribution in [-0.4, -0.2) is 22.5 Å². The van der Waals surface area contributed by atoms with Gasteiger partial charge in [-0.05, 0) is 81.1 Å². The van der Waals surface area contributed by atoms with Crippen LogP contribution in [0.25, 0.3) is 11.0 Å². The summed E-state index contributed by atoms with van der Waals surface area (Å²) in [4.78, 5) is 21.9. The zero-order chi connectivity index (χ0) is 18.8. The number of nitrogens with zero attached hydrogens (tertiary/aromatic N) is 2. The number of fused-ring (bicyclic) bond motifs is 1. The molecule has 2 aromatic carbocycles. The molecule has 1 amide bonds. The van der Waals surface area contributed by atoms with Crippen LogP contribution >= 0.6 is 0 Å². The van der Waals surface area contributed by atoms with Gasteiger partial charge in [-0.1, -0.05) is 6.07 Å². The van der Waals surface area contributed by atoms with Crippen LogP contribution in [0.2, 0.25) is 0 Å². The second kappa shape index (κ2) is 7.12. The number of hydrogen-bond acceptors (Lipinski definition) is 4. The molecule has 3 aromatic rings. The highest BCUT2D eigenvalue weighted by molar-refractivity contribution is 6.05. The summed E-state index contributed by atoms with van der Waals surface area (Å²) in [6, 6.07) is 9.81. The van der Waals surface area contributed by atoms with E-state index in [9.17, 15) is 4.79 Å². The highest BCUT2D eigenvalue weighted by Crippen LogP contribution is 2.23. The van der Waals surface area contributed by atoms with Gasteiger partial charge in [0.2, 0.25) is 5.88 Å². The Balaban J connectivity index is 2.04. The molecule has 0 spiro atoms. The molecule has 1 aromatic heterocycles. The molecule has 5 heteroatoms. The third-order valence-electron chi connectivity index (χ3n) is 4.22. The molecule has 0 saturated heterocycles. The van der Waals surface area contributed by atoms with Gasteiger partial charge in [-0.15, -0.1) is 0 Å². The highest BCUT2D eigenvalue weighted by Gasteiger charge is 2.18. The maximum Gasteiger partial charge on any atom is 0.279 e.